The van der Waals surface area contributed by atoms with Crippen LogP contribution in [-0.2, 0) is 6.54 Å². The SMILES string of the molecule is CC(C)CN(C)c1ncccc1CNC(C)C. The van der Waals surface area contributed by atoms with Gasteiger partial charge in [0.25, 0.3) is 0 Å². The number of aromatic nitrogens is 1. The molecule has 0 bridgehead atoms. The zero-order valence-electron chi connectivity index (χ0n) is 11.7. The van der Waals surface area contributed by atoms with Crippen LogP contribution in [-0.4, -0.2) is 24.6 Å². The molecule has 96 valence electrons. The van der Waals surface area contributed by atoms with Gasteiger partial charge in [0.05, 0.1) is 0 Å². The lowest BCUT2D eigenvalue weighted by Gasteiger charge is -2.23. The van der Waals surface area contributed by atoms with Crippen molar-refractivity contribution in [2.45, 2.75) is 40.3 Å². The third-order valence-corrected chi connectivity index (χ3v) is 2.57. The summed E-state index contributed by atoms with van der Waals surface area (Å²) in [6.45, 7) is 10.7. The van der Waals surface area contributed by atoms with Gasteiger partial charge in [0.1, 0.15) is 5.82 Å². The van der Waals surface area contributed by atoms with E-state index >= 15 is 0 Å². The van der Waals surface area contributed by atoms with E-state index in [-0.39, 0.29) is 0 Å². The van der Waals surface area contributed by atoms with Crippen molar-refractivity contribution in [2.75, 3.05) is 18.5 Å². The highest BCUT2D eigenvalue weighted by molar-refractivity contribution is 5.45. The Morgan fingerprint density at radius 1 is 1.29 bits per heavy atom. The molecule has 1 N–H and O–H groups in total. The number of nitrogens with one attached hydrogen (secondary N) is 1. The molecular weight excluding hydrogens is 210 g/mol. The number of nitrogens with zero attached hydrogens (tertiary/aromatic N) is 2. The maximum absolute atomic E-state index is 4.50. The quantitative estimate of drug-likeness (QED) is 0.821. The molecule has 0 spiro atoms. The van der Waals surface area contributed by atoms with Crippen LogP contribution in [0.4, 0.5) is 5.82 Å². The molecule has 0 aliphatic carbocycles. The molecule has 17 heavy (non-hydrogen) atoms. The van der Waals surface area contributed by atoms with E-state index in [9.17, 15) is 0 Å². The molecule has 0 amide bonds. The van der Waals surface area contributed by atoms with Gasteiger partial charge in [0.15, 0.2) is 0 Å². The van der Waals surface area contributed by atoms with Crippen LogP contribution in [0.15, 0.2) is 18.3 Å². The monoisotopic (exact) mass is 235 g/mol. The highest BCUT2D eigenvalue weighted by atomic mass is 15.2. The number of anilines is 1. The molecule has 0 aliphatic heterocycles. The average molecular weight is 235 g/mol. The lowest BCUT2D eigenvalue weighted by molar-refractivity contribution is 0.583. The zero-order chi connectivity index (χ0) is 12.8. The Morgan fingerprint density at radius 2 is 2.00 bits per heavy atom. The zero-order valence-corrected chi connectivity index (χ0v) is 11.7. The fraction of sp³-hybridized carbons (Fsp3) is 0.643. The maximum atomic E-state index is 4.50. The minimum Gasteiger partial charge on any atom is -0.359 e. The third kappa shape index (κ3) is 4.73. The molecule has 3 heteroatoms. The molecule has 0 atom stereocenters. The van der Waals surface area contributed by atoms with Crippen LogP contribution in [0.3, 0.4) is 0 Å². The molecule has 0 saturated carbocycles. The van der Waals surface area contributed by atoms with E-state index in [1.165, 1.54) is 5.56 Å². The summed E-state index contributed by atoms with van der Waals surface area (Å²) < 4.78 is 0. The van der Waals surface area contributed by atoms with Gasteiger partial charge in [0.2, 0.25) is 0 Å². The minimum atomic E-state index is 0.499. The Hall–Kier alpha value is -1.09. The van der Waals surface area contributed by atoms with Gasteiger partial charge in [-0.2, -0.15) is 0 Å². The molecule has 0 aliphatic rings. The molecule has 0 saturated heterocycles. The highest BCUT2D eigenvalue weighted by Crippen LogP contribution is 2.16. The fourth-order valence-electron chi connectivity index (χ4n) is 1.86. The van der Waals surface area contributed by atoms with E-state index in [4.69, 9.17) is 0 Å². The van der Waals surface area contributed by atoms with Gasteiger partial charge >= 0.3 is 0 Å². The van der Waals surface area contributed by atoms with Crippen LogP contribution >= 0.6 is 0 Å². The van der Waals surface area contributed by atoms with Crippen molar-refractivity contribution in [3.05, 3.63) is 23.9 Å². The number of hydrogen-bond acceptors (Lipinski definition) is 3. The van der Waals surface area contributed by atoms with Crippen LogP contribution in [0, 0.1) is 5.92 Å². The van der Waals surface area contributed by atoms with E-state index in [0.717, 1.165) is 18.9 Å². The third-order valence-electron chi connectivity index (χ3n) is 2.57. The predicted octanol–water partition coefficient (Wildman–Crippen LogP) is 2.67. The van der Waals surface area contributed by atoms with Crippen molar-refractivity contribution in [1.82, 2.24) is 10.3 Å². The van der Waals surface area contributed by atoms with E-state index in [0.29, 0.717) is 12.0 Å². The number of pyridine rings is 1. The summed E-state index contributed by atoms with van der Waals surface area (Å²) in [7, 11) is 2.11. The van der Waals surface area contributed by atoms with E-state index in [2.05, 4.69) is 56.0 Å². The van der Waals surface area contributed by atoms with Gasteiger partial charge in [-0.05, 0) is 12.0 Å². The van der Waals surface area contributed by atoms with Crippen molar-refractivity contribution in [1.29, 1.82) is 0 Å². The first kappa shape index (κ1) is 14.0. The molecule has 1 rings (SSSR count). The first-order chi connectivity index (χ1) is 8.00. The second-order valence-electron chi connectivity index (χ2n) is 5.30. The van der Waals surface area contributed by atoms with Gasteiger partial charge < -0.3 is 10.2 Å². The second kappa shape index (κ2) is 6.60. The minimum absolute atomic E-state index is 0.499. The smallest absolute Gasteiger partial charge is 0.132 e. The largest absolute Gasteiger partial charge is 0.359 e. The van der Waals surface area contributed by atoms with Gasteiger partial charge in [-0.3, -0.25) is 0 Å². The van der Waals surface area contributed by atoms with E-state index < -0.39 is 0 Å². The molecule has 0 aromatic carbocycles. The van der Waals surface area contributed by atoms with Crippen molar-refractivity contribution in [2.24, 2.45) is 5.92 Å². The van der Waals surface area contributed by atoms with Gasteiger partial charge in [-0.1, -0.05) is 33.8 Å². The topological polar surface area (TPSA) is 28.2 Å². The summed E-state index contributed by atoms with van der Waals surface area (Å²) >= 11 is 0. The van der Waals surface area contributed by atoms with Crippen LogP contribution in [0.2, 0.25) is 0 Å². The summed E-state index contributed by atoms with van der Waals surface area (Å²) in [5.41, 5.74) is 1.27. The Kier molecular flexibility index (Phi) is 5.42. The van der Waals surface area contributed by atoms with Gasteiger partial charge in [0, 0.05) is 37.9 Å². The predicted molar refractivity (Wildman–Crippen MR) is 74.3 cm³/mol. The molecular formula is C14H25N3. The fourth-order valence-corrected chi connectivity index (χ4v) is 1.86. The average Bonchev–Trinajstić information content (AvgIpc) is 2.25. The molecule has 1 aromatic rings. The van der Waals surface area contributed by atoms with Gasteiger partial charge in [-0.15, -0.1) is 0 Å². The van der Waals surface area contributed by atoms with Crippen LogP contribution < -0.4 is 10.2 Å². The molecule has 1 heterocycles. The number of hydrogen-bond donors (Lipinski definition) is 1. The Balaban J connectivity index is 2.76. The lowest BCUT2D eigenvalue weighted by atomic mass is 10.2. The maximum Gasteiger partial charge on any atom is 0.132 e. The van der Waals surface area contributed by atoms with Crippen LogP contribution in [0.5, 0.6) is 0 Å². The molecule has 0 unspecified atom stereocenters. The standard InChI is InChI=1S/C14H25N3/c1-11(2)10-17(5)14-13(7-6-8-15-14)9-16-12(3)4/h6-8,11-12,16H,9-10H2,1-5H3. The summed E-state index contributed by atoms with van der Waals surface area (Å²) in [5, 5.41) is 3.44. The van der Waals surface area contributed by atoms with E-state index in [1.807, 2.05) is 12.3 Å². The van der Waals surface area contributed by atoms with Crippen molar-refractivity contribution in [3.8, 4) is 0 Å². The summed E-state index contributed by atoms with van der Waals surface area (Å²) in [6, 6.07) is 4.65. The van der Waals surface area contributed by atoms with Crippen molar-refractivity contribution >= 4 is 5.82 Å². The summed E-state index contributed by atoms with van der Waals surface area (Å²) in [6.07, 6.45) is 1.87. The first-order valence-electron chi connectivity index (χ1n) is 6.39. The molecule has 0 radical (unpaired) electrons. The van der Waals surface area contributed by atoms with Crippen molar-refractivity contribution < 1.29 is 0 Å². The van der Waals surface area contributed by atoms with Gasteiger partial charge in [-0.25, -0.2) is 4.98 Å². The summed E-state index contributed by atoms with van der Waals surface area (Å²) in [5.74, 6) is 1.74. The number of rotatable bonds is 6. The Morgan fingerprint density at radius 3 is 2.59 bits per heavy atom. The highest BCUT2D eigenvalue weighted by Gasteiger charge is 2.09. The van der Waals surface area contributed by atoms with Crippen LogP contribution in [0.1, 0.15) is 33.3 Å². The Labute approximate surface area is 105 Å². The summed E-state index contributed by atoms with van der Waals surface area (Å²) in [4.78, 5) is 6.73. The lowest BCUT2D eigenvalue weighted by Crippen LogP contribution is -2.27. The van der Waals surface area contributed by atoms with Crippen LogP contribution in [0.25, 0.3) is 0 Å². The first-order valence-corrected chi connectivity index (χ1v) is 6.39. The molecule has 0 fully saturated rings. The molecule has 1 aromatic heterocycles. The normalized spacial score (nSPS) is 11.2. The second-order valence-corrected chi connectivity index (χ2v) is 5.30. The Bertz CT molecular complexity index is 334. The van der Waals surface area contributed by atoms with E-state index in [1.54, 1.807) is 0 Å². The van der Waals surface area contributed by atoms with Crippen molar-refractivity contribution in [3.63, 3.8) is 0 Å². The molecule has 3 nitrogen and oxygen atoms in total.